The van der Waals surface area contributed by atoms with Crippen molar-refractivity contribution < 1.29 is 14.3 Å². The summed E-state index contributed by atoms with van der Waals surface area (Å²) in [5, 5.41) is 11.6. The van der Waals surface area contributed by atoms with Crippen LogP contribution in [0, 0.1) is 11.3 Å². The average molecular weight is 332 g/mol. The lowest BCUT2D eigenvalue weighted by Gasteiger charge is -2.08. The zero-order valence-corrected chi connectivity index (χ0v) is 13.4. The van der Waals surface area contributed by atoms with E-state index in [9.17, 15) is 9.59 Å². The molecule has 0 saturated heterocycles. The topological polar surface area (TPSA) is 79.2 Å². The molecule has 1 N–H and O–H groups in total. The van der Waals surface area contributed by atoms with Gasteiger partial charge >= 0.3 is 5.97 Å². The lowest BCUT2D eigenvalue weighted by Crippen LogP contribution is -2.29. The number of hydrogen-bond donors (Lipinski definition) is 1. The van der Waals surface area contributed by atoms with Gasteiger partial charge in [0.1, 0.15) is 17.4 Å². The SMILES string of the molecule is C=C(CNC(=O)C(C#N)=Cc1ccccc1)C(=O)Oc1ccccc1. The zero-order chi connectivity index (χ0) is 18.1. The van der Waals surface area contributed by atoms with Crippen molar-refractivity contribution in [1.82, 2.24) is 5.32 Å². The van der Waals surface area contributed by atoms with Gasteiger partial charge in [0.05, 0.1) is 0 Å². The molecule has 0 aliphatic rings. The first kappa shape index (κ1) is 17.7. The largest absolute Gasteiger partial charge is 0.423 e. The summed E-state index contributed by atoms with van der Waals surface area (Å²) in [6, 6.07) is 19.4. The third kappa shape index (κ3) is 5.48. The van der Waals surface area contributed by atoms with Crippen LogP contribution >= 0.6 is 0 Å². The number of ether oxygens (including phenoxy) is 1. The Labute approximate surface area is 145 Å². The number of rotatable bonds is 6. The maximum atomic E-state index is 12.1. The summed E-state index contributed by atoms with van der Waals surface area (Å²) < 4.78 is 5.12. The van der Waals surface area contributed by atoms with Gasteiger partial charge in [-0.15, -0.1) is 0 Å². The minimum absolute atomic E-state index is 0.0598. The lowest BCUT2D eigenvalue weighted by atomic mass is 10.1. The quantitative estimate of drug-likeness (QED) is 0.382. The molecule has 0 aromatic heterocycles. The number of nitriles is 1. The maximum Gasteiger partial charge on any atom is 0.340 e. The van der Waals surface area contributed by atoms with Gasteiger partial charge < -0.3 is 10.1 Å². The number of nitrogens with zero attached hydrogens (tertiary/aromatic N) is 1. The summed E-state index contributed by atoms with van der Waals surface area (Å²) in [6.07, 6.45) is 1.47. The Balaban J connectivity index is 1.92. The molecule has 0 fully saturated rings. The number of nitrogens with one attached hydrogen (secondary N) is 1. The first-order valence-corrected chi connectivity index (χ1v) is 7.50. The van der Waals surface area contributed by atoms with E-state index in [4.69, 9.17) is 10.00 Å². The smallest absolute Gasteiger partial charge is 0.340 e. The molecule has 2 aromatic carbocycles. The fourth-order valence-corrected chi connectivity index (χ4v) is 1.89. The molecule has 0 heterocycles. The molecule has 0 radical (unpaired) electrons. The minimum atomic E-state index is -0.642. The highest BCUT2D eigenvalue weighted by Crippen LogP contribution is 2.10. The van der Waals surface area contributed by atoms with E-state index in [0.717, 1.165) is 5.56 Å². The van der Waals surface area contributed by atoms with E-state index in [0.29, 0.717) is 5.75 Å². The summed E-state index contributed by atoms with van der Waals surface area (Å²) in [5.41, 5.74) is 0.751. The predicted molar refractivity (Wildman–Crippen MR) is 94.3 cm³/mol. The highest BCUT2D eigenvalue weighted by Gasteiger charge is 2.13. The van der Waals surface area contributed by atoms with Crippen LogP contribution in [-0.2, 0) is 9.59 Å². The third-order valence-electron chi connectivity index (χ3n) is 3.18. The van der Waals surface area contributed by atoms with Gasteiger partial charge in [0.2, 0.25) is 0 Å². The van der Waals surface area contributed by atoms with Crippen molar-refractivity contribution in [1.29, 1.82) is 5.26 Å². The van der Waals surface area contributed by atoms with Crippen LogP contribution in [0.2, 0.25) is 0 Å². The standard InChI is InChI=1S/C20H16N2O3/c1-15(20(24)25-18-10-6-3-7-11-18)14-22-19(23)17(13-21)12-16-8-4-2-5-9-16/h2-12H,1,14H2,(H,22,23). The van der Waals surface area contributed by atoms with Gasteiger partial charge in [-0.2, -0.15) is 5.26 Å². The molecule has 2 aromatic rings. The van der Waals surface area contributed by atoms with Crippen molar-refractivity contribution in [2.24, 2.45) is 0 Å². The van der Waals surface area contributed by atoms with Crippen LogP contribution < -0.4 is 10.1 Å². The fraction of sp³-hybridized carbons (Fsp3) is 0.0500. The molecule has 25 heavy (non-hydrogen) atoms. The Hall–Kier alpha value is -3.65. The van der Waals surface area contributed by atoms with Crippen LogP contribution in [0.15, 0.2) is 78.4 Å². The van der Waals surface area contributed by atoms with Crippen molar-refractivity contribution in [2.45, 2.75) is 0 Å². The van der Waals surface area contributed by atoms with Gasteiger partial charge in [-0.3, -0.25) is 4.79 Å². The minimum Gasteiger partial charge on any atom is -0.423 e. The van der Waals surface area contributed by atoms with E-state index < -0.39 is 11.9 Å². The van der Waals surface area contributed by atoms with E-state index in [2.05, 4.69) is 11.9 Å². The molecular weight excluding hydrogens is 316 g/mol. The van der Waals surface area contributed by atoms with Crippen molar-refractivity contribution >= 4 is 18.0 Å². The van der Waals surface area contributed by atoms with Crippen molar-refractivity contribution in [3.8, 4) is 11.8 Å². The second kappa shape index (κ2) is 8.85. The molecule has 0 bridgehead atoms. The molecule has 0 aliphatic heterocycles. The van der Waals surface area contributed by atoms with Gasteiger partial charge in [0.25, 0.3) is 5.91 Å². The molecule has 1 amide bonds. The molecule has 5 heteroatoms. The molecule has 0 saturated carbocycles. The zero-order valence-electron chi connectivity index (χ0n) is 13.4. The maximum absolute atomic E-state index is 12.1. The third-order valence-corrected chi connectivity index (χ3v) is 3.18. The van der Waals surface area contributed by atoms with Gasteiger partial charge in [0, 0.05) is 12.1 Å². The number of esters is 1. The van der Waals surface area contributed by atoms with E-state index in [1.807, 2.05) is 12.1 Å². The van der Waals surface area contributed by atoms with Crippen LogP contribution in [0.1, 0.15) is 5.56 Å². The summed E-state index contributed by atoms with van der Waals surface area (Å²) in [4.78, 5) is 24.0. The molecule has 0 spiro atoms. The van der Waals surface area contributed by atoms with E-state index >= 15 is 0 Å². The van der Waals surface area contributed by atoms with Gasteiger partial charge in [-0.1, -0.05) is 55.1 Å². The summed E-state index contributed by atoms with van der Waals surface area (Å²) in [5.74, 6) is -0.835. The Kier molecular flexibility index (Phi) is 6.26. The lowest BCUT2D eigenvalue weighted by molar-refractivity contribution is -0.130. The molecule has 2 rings (SSSR count). The fourth-order valence-electron chi connectivity index (χ4n) is 1.89. The summed E-state index contributed by atoms with van der Waals surface area (Å²) in [7, 11) is 0. The highest BCUT2D eigenvalue weighted by molar-refractivity contribution is 6.02. The second-order valence-electron chi connectivity index (χ2n) is 5.07. The van der Waals surface area contributed by atoms with Crippen LogP contribution in [0.4, 0.5) is 0 Å². The Morgan fingerprint density at radius 2 is 1.68 bits per heavy atom. The van der Waals surface area contributed by atoms with E-state index in [1.54, 1.807) is 54.6 Å². The van der Waals surface area contributed by atoms with E-state index in [1.165, 1.54) is 6.08 Å². The van der Waals surface area contributed by atoms with Crippen LogP contribution in [-0.4, -0.2) is 18.4 Å². The molecule has 0 aliphatic carbocycles. The summed E-state index contributed by atoms with van der Waals surface area (Å²) >= 11 is 0. The molecule has 5 nitrogen and oxygen atoms in total. The molecular formula is C20H16N2O3. The number of carbonyl (C=O) groups is 2. The van der Waals surface area contributed by atoms with Gasteiger partial charge in [0.15, 0.2) is 0 Å². The molecule has 124 valence electrons. The number of para-hydroxylation sites is 1. The van der Waals surface area contributed by atoms with Crippen LogP contribution in [0.25, 0.3) is 6.08 Å². The van der Waals surface area contributed by atoms with Crippen molar-refractivity contribution in [2.75, 3.05) is 6.54 Å². The summed E-state index contributed by atoms with van der Waals surface area (Å²) in [6.45, 7) is 3.49. The Bertz CT molecular complexity index is 834. The Morgan fingerprint density at radius 1 is 1.08 bits per heavy atom. The van der Waals surface area contributed by atoms with Gasteiger partial charge in [-0.25, -0.2) is 4.79 Å². The Morgan fingerprint density at radius 3 is 2.28 bits per heavy atom. The van der Waals surface area contributed by atoms with Crippen LogP contribution in [0.5, 0.6) is 5.75 Å². The van der Waals surface area contributed by atoms with Gasteiger partial charge in [-0.05, 0) is 23.8 Å². The second-order valence-corrected chi connectivity index (χ2v) is 5.07. The average Bonchev–Trinajstić information content (AvgIpc) is 2.65. The normalized spacial score (nSPS) is 10.4. The number of amides is 1. The monoisotopic (exact) mass is 332 g/mol. The molecule has 0 atom stereocenters. The van der Waals surface area contributed by atoms with Crippen molar-refractivity contribution in [3.05, 3.63) is 84.0 Å². The molecule has 0 unspecified atom stereocenters. The number of hydrogen-bond acceptors (Lipinski definition) is 4. The number of carbonyl (C=O) groups excluding carboxylic acids is 2. The van der Waals surface area contributed by atoms with Crippen molar-refractivity contribution in [3.63, 3.8) is 0 Å². The number of benzene rings is 2. The van der Waals surface area contributed by atoms with Crippen LogP contribution in [0.3, 0.4) is 0 Å². The first-order chi connectivity index (χ1) is 12.1. The highest BCUT2D eigenvalue weighted by atomic mass is 16.5. The first-order valence-electron chi connectivity index (χ1n) is 7.50. The predicted octanol–water partition coefficient (Wildman–Crippen LogP) is 2.87. The van der Waals surface area contributed by atoms with E-state index in [-0.39, 0.29) is 17.7 Å².